The van der Waals surface area contributed by atoms with E-state index in [0.717, 1.165) is 12.8 Å². The van der Waals surface area contributed by atoms with E-state index >= 15 is 0 Å². The van der Waals surface area contributed by atoms with Gasteiger partial charge >= 0.3 is 6.09 Å². The van der Waals surface area contributed by atoms with E-state index in [-0.39, 0.29) is 5.78 Å². The molecule has 0 aromatic rings. The summed E-state index contributed by atoms with van der Waals surface area (Å²) >= 11 is 0. The van der Waals surface area contributed by atoms with Crippen molar-refractivity contribution in [3.05, 3.63) is 0 Å². The van der Waals surface area contributed by atoms with E-state index in [0.29, 0.717) is 0 Å². The van der Waals surface area contributed by atoms with Gasteiger partial charge in [0.15, 0.2) is 5.78 Å². The van der Waals surface area contributed by atoms with E-state index in [1.54, 1.807) is 20.8 Å². The number of rotatable bonds is 2. The summed E-state index contributed by atoms with van der Waals surface area (Å²) < 4.78 is 5.06. The maximum atomic E-state index is 11.3. The lowest BCUT2D eigenvalue weighted by atomic mass is 10.2. The first-order chi connectivity index (χ1) is 6.25. The SMILES string of the molecule is CC(=O)C1(NC(=O)OC(C)(C)C)CC1. The number of carbonyl (C=O) groups is 2. The molecule has 0 heterocycles. The fraction of sp³-hybridized carbons (Fsp3) is 0.800. The third-order valence-corrected chi connectivity index (χ3v) is 2.16. The van der Waals surface area contributed by atoms with Crippen LogP contribution in [0.2, 0.25) is 0 Å². The molecule has 1 rings (SSSR count). The number of hydrogen-bond donors (Lipinski definition) is 1. The van der Waals surface area contributed by atoms with Crippen LogP contribution < -0.4 is 5.32 Å². The van der Waals surface area contributed by atoms with Crippen LogP contribution in [0.1, 0.15) is 40.5 Å². The Morgan fingerprint density at radius 2 is 1.79 bits per heavy atom. The molecule has 0 aromatic carbocycles. The van der Waals surface area contributed by atoms with Gasteiger partial charge in [-0.15, -0.1) is 0 Å². The highest BCUT2D eigenvalue weighted by Gasteiger charge is 2.49. The van der Waals surface area contributed by atoms with E-state index in [1.165, 1.54) is 6.92 Å². The molecule has 4 nitrogen and oxygen atoms in total. The standard InChI is InChI=1S/C10H17NO3/c1-7(12)10(5-6-10)11-8(13)14-9(2,3)4/h5-6H2,1-4H3,(H,11,13). The number of alkyl carbamates (subject to hydrolysis) is 1. The van der Waals surface area contributed by atoms with Gasteiger partial charge in [-0.2, -0.15) is 0 Å². The van der Waals surface area contributed by atoms with Crippen LogP contribution in [0.5, 0.6) is 0 Å². The summed E-state index contributed by atoms with van der Waals surface area (Å²) in [6.45, 7) is 6.87. The van der Waals surface area contributed by atoms with Gasteiger partial charge in [-0.1, -0.05) is 0 Å². The van der Waals surface area contributed by atoms with Gasteiger partial charge in [0.05, 0.1) is 0 Å². The molecule has 14 heavy (non-hydrogen) atoms. The van der Waals surface area contributed by atoms with Crippen molar-refractivity contribution in [2.75, 3.05) is 0 Å². The molecule has 1 fully saturated rings. The van der Waals surface area contributed by atoms with Crippen molar-refractivity contribution in [3.63, 3.8) is 0 Å². The summed E-state index contributed by atoms with van der Waals surface area (Å²) in [7, 11) is 0. The maximum absolute atomic E-state index is 11.3. The number of carbonyl (C=O) groups excluding carboxylic acids is 2. The monoisotopic (exact) mass is 199 g/mol. The smallest absolute Gasteiger partial charge is 0.408 e. The first-order valence-corrected chi connectivity index (χ1v) is 4.77. The summed E-state index contributed by atoms with van der Waals surface area (Å²) in [6, 6.07) is 0. The quantitative estimate of drug-likeness (QED) is 0.735. The minimum atomic E-state index is -0.623. The summed E-state index contributed by atoms with van der Waals surface area (Å²) in [5.74, 6) is 0.00311. The summed E-state index contributed by atoms with van der Waals surface area (Å²) in [6.07, 6.45) is 0.938. The van der Waals surface area contributed by atoms with E-state index in [2.05, 4.69) is 5.32 Å². The highest BCUT2D eigenvalue weighted by molar-refractivity contribution is 5.92. The van der Waals surface area contributed by atoms with Crippen molar-refractivity contribution in [1.82, 2.24) is 5.32 Å². The van der Waals surface area contributed by atoms with Gasteiger partial charge in [-0.05, 0) is 40.5 Å². The van der Waals surface area contributed by atoms with Crippen LogP contribution in [0, 0.1) is 0 Å². The molecule has 0 aromatic heterocycles. The first-order valence-electron chi connectivity index (χ1n) is 4.77. The van der Waals surface area contributed by atoms with Gasteiger partial charge in [-0.3, -0.25) is 4.79 Å². The zero-order chi connectivity index (χ0) is 11.0. The Labute approximate surface area is 84.0 Å². The number of nitrogens with one attached hydrogen (secondary N) is 1. The molecular formula is C10H17NO3. The molecule has 0 saturated heterocycles. The normalized spacial score (nSPS) is 18.6. The second-order valence-electron chi connectivity index (χ2n) is 4.77. The van der Waals surface area contributed by atoms with Crippen molar-refractivity contribution >= 4 is 11.9 Å². The summed E-state index contributed by atoms with van der Waals surface area (Å²) in [4.78, 5) is 22.5. The van der Waals surface area contributed by atoms with Crippen LogP contribution in [0.4, 0.5) is 4.79 Å². The third-order valence-electron chi connectivity index (χ3n) is 2.16. The molecule has 4 heteroatoms. The Kier molecular flexibility index (Phi) is 2.56. The molecule has 0 spiro atoms. The van der Waals surface area contributed by atoms with Gasteiger partial charge in [0.2, 0.25) is 0 Å². The lowest BCUT2D eigenvalue weighted by Gasteiger charge is -2.22. The van der Waals surface area contributed by atoms with Crippen LogP contribution in [0.15, 0.2) is 0 Å². The van der Waals surface area contributed by atoms with Crippen LogP contribution in [0.3, 0.4) is 0 Å². The van der Waals surface area contributed by atoms with Gasteiger partial charge in [0.25, 0.3) is 0 Å². The van der Waals surface area contributed by atoms with Crippen LogP contribution in [0.25, 0.3) is 0 Å². The second-order valence-corrected chi connectivity index (χ2v) is 4.77. The fourth-order valence-electron chi connectivity index (χ4n) is 1.19. The Balaban J connectivity index is 2.46. The molecule has 1 saturated carbocycles. The number of ketones is 1. The second kappa shape index (κ2) is 3.26. The maximum Gasteiger partial charge on any atom is 0.408 e. The molecule has 1 aliphatic rings. The predicted molar refractivity (Wildman–Crippen MR) is 52.0 cm³/mol. The van der Waals surface area contributed by atoms with Gasteiger partial charge in [-0.25, -0.2) is 4.79 Å². The minimum absolute atomic E-state index is 0.00311. The highest BCUT2D eigenvalue weighted by Crippen LogP contribution is 2.36. The van der Waals surface area contributed by atoms with Crippen LogP contribution in [-0.4, -0.2) is 23.0 Å². The van der Waals surface area contributed by atoms with E-state index in [4.69, 9.17) is 4.74 Å². The largest absolute Gasteiger partial charge is 0.444 e. The Morgan fingerprint density at radius 1 is 1.29 bits per heavy atom. The molecule has 0 unspecified atom stereocenters. The lowest BCUT2D eigenvalue weighted by molar-refractivity contribution is -0.120. The molecular weight excluding hydrogens is 182 g/mol. The zero-order valence-electron chi connectivity index (χ0n) is 9.14. The van der Waals surface area contributed by atoms with Gasteiger partial charge in [0.1, 0.15) is 11.1 Å². The predicted octanol–water partition coefficient (Wildman–Crippen LogP) is 1.63. The number of Topliss-reactive ketones (excluding diaryl/α,β-unsaturated/α-hetero) is 1. The van der Waals surface area contributed by atoms with Gasteiger partial charge < -0.3 is 10.1 Å². The van der Waals surface area contributed by atoms with Crippen molar-refractivity contribution in [1.29, 1.82) is 0 Å². The number of ether oxygens (including phenoxy) is 1. The molecule has 0 aliphatic heterocycles. The zero-order valence-corrected chi connectivity index (χ0v) is 9.14. The topological polar surface area (TPSA) is 55.4 Å². The van der Waals surface area contributed by atoms with Crippen LogP contribution >= 0.6 is 0 Å². The third kappa shape index (κ3) is 2.72. The average molecular weight is 199 g/mol. The molecule has 1 amide bonds. The van der Waals surface area contributed by atoms with Crippen molar-refractivity contribution in [2.24, 2.45) is 0 Å². The fourth-order valence-corrected chi connectivity index (χ4v) is 1.19. The van der Waals surface area contributed by atoms with E-state index in [9.17, 15) is 9.59 Å². The summed E-state index contributed by atoms with van der Waals surface area (Å²) in [5, 5.41) is 2.61. The Morgan fingerprint density at radius 3 is 2.07 bits per heavy atom. The molecule has 1 N–H and O–H groups in total. The highest BCUT2D eigenvalue weighted by atomic mass is 16.6. The molecule has 0 bridgehead atoms. The van der Waals surface area contributed by atoms with Crippen molar-refractivity contribution in [2.45, 2.75) is 51.7 Å². The van der Waals surface area contributed by atoms with Crippen molar-refractivity contribution in [3.8, 4) is 0 Å². The lowest BCUT2D eigenvalue weighted by Crippen LogP contribution is -2.44. The van der Waals surface area contributed by atoms with Crippen LogP contribution in [-0.2, 0) is 9.53 Å². The molecule has 0 atom stereocenters. The molecule has 1 aliphatic carbocycles. The molecule has 0 radical (unpaired) electrons. The Bertz CT molecular complexity index is 261. The average Bonchev–Trinajstić information content (AvgIpc) is 2.63. The molecule has 80 valence electrons. The van der Waals surface area contributed by atoms with Gasteiger partial charge in [0, 0.05) is 0 Å². The van der Waals surface area contributed by atoms with Crippen molar-refractivity contribution < 1.29 is 14.3 Å². The van der Waals surface area contributed by atoms with E-state index < -0.39 is 17.2 Å². The van der Waals surface area contributed by atoms with E-state index in [1.807, 2.05) is 0 Å². The first kappa shape index (κ1) is 11.0. The number of amides is 1. The Hall–Kier alpha value is -1.06. The minimum Gasteiger partial charge on any atom is -0.444 e. The summed E-state index contributed by atoms with van der Waals surface area (Å²) in [5.41, 5.74) is -1.14. The number of hydrogen-bond acceptors (Lipinski definition) is 3.